The van der Waals surface area contributed by atoms with Gasteiger partial charge in [-0.05, 0) is 13.3 Å². The zero-order valence-corrected chi connectivity index (χ0v) is 11.7. The second-order valence-corrected chi connectivity index (χ2v) is 4.32. The number of carboxylic acids is 1. The lowest BCUT2D eigenvalue weighted by molar-refractivity contribution is -0.137. The smallest absolute Gasteiger partial charge is 0.315 e. The molecule has 0 aliphatic carbocycles. The molecular weight excluding hydrogens is 250 g/mol. The van der Waals surface area contributed by atoms with Crippen molar-refractivity contribution in [2.75, 3.05) is 20.1 Å². The zero-order valence-electron chi connectivity index (χ0n) is 11.7. The highest BCUT2D eigenvalue weighted by Crippen LogP contribution is 2.01. The van der Waals surface area contributed by atoms with Gasteiger partial charge in [0.15, 0.2) is 0 Å². The third-order valence-electron chi connectivity index (χ3n) is 2.69. The normalized spacial score (nSPS) is 11.5. The van der Waals surface area contributed by atoms with Crippen molar-refractivity contribution in [2.24, 2.45) is 0 Å². The second kappa shape index (κ2) is 9.18. The van der Waals surface area contributed by atoms with Crippen LogP contribution in [0, 0.1) is 0 Å². The Balaban J connectivity index is 4.12. The van der Waals surface area contributed by atoms with Crippen LogP contribution in [0.3, 0.4) is 0 Å². The van der Waals surface area contributed by atoms with Gasteiger partial charge in [0.05, 0.1) is 13.0 Å². The lowest BCUT2D eigenvalue weighted by atomic mass is 10.1. The Kier molecular flexibility index (Phi) is 8.32. The fraction of sp³-hybridized carbons (Fsp3) is 0.750. The third-order valence-corrected chi connectivity index (χ3v) is 2.69. The van der Waals surface area contributed by atoms with Crippen molar-refractivity contribution in [3.8, 4) is 0 Å². The fourth-order valence-corrected chi connectivity index (χ4v) is 1.49. The highest BCUT2D eigenvalue weighted by molar-refractivity contribution is 5.84. The van der Waals surface area contributed by atoms with Gasteiger partial charge in [0.2, 0.25) is 5.91 Å². The summed E-state index contributed by atoms with van der Waals surface area (Å²) in [4.78, 5) is 35.1. The topological polar surface area (TPSA) is 98.7 Å². The molecule has 0 heterocycles. The molecule has 0 aliphatic rings. The minimum absolute atomic E-state index is 0.0951. The molecule has 7 nitrogen and oxygen atoms in total. The predicted molar refractivity (Wildman–Crippen MR) is 70.8 cm³/mol. The average Bonchev–Trinajstić information content (AvgIpc) is 2.34. The Morgan fingerprint density at radius 2 is 1.89 bits per heavy atom. The van der Waals surface area contributed by atoms with Gasteiger partial charge in [-0.15, -0.1) is 0 Å². The summed E-state index contributed by atoms with van der Waals surface area (Å²) in [6.45, 7) is 4.22. The van der Waals surface area contributed by atoms with E-state index < -0.39 is 18.0 Å². The predicted octanol–water partition coefficient (Wildman–Crippen LogP) is 0.407. The average molecular weight is 273 g/mol. The van der Waals surface area contributed by atoms with Crippen molar-refractivity contribution in [1.29, 1.82) is 0 Å². The summed E-state index contributed by atoms with van der Waals surface area (Å²) in [5, 5.41) is 13.7. The number of hydrogen-bond acceptors (Lipinski definition) is 3. The molecule has 0 aromatic rings. The molecule has 0 saturated heterocycles. The van der Waals surface area contributed by atoms with E-state index in [2.05, 4.69) is 10.6 Å². The second-order valence-electron chi connectivity index (χ2n) is 4.32. The van der Waals surface area contributed by atoms with Crippen LogP contribution in [-0.2, 0) is 9.59 Å². The lowest BCUT2D eigenvalue weighted by Crippen LogP contribution is -2.46. The summed E-state index contributed by atoms with van der Waals surface area (Å²) in [6, 6.07) is -0.931. The molecule has 3 N–H and O–H groups in total. The van der Waals surface area contributed by atoms with Crippen LogP contribution in [0.2, 0.25) is 0 Å². The van der Waals surface area contributed by atoms with Crippen molar-refractivity contribution in [3.05, 3.63) is 0 Å². The van der Waals surface area contributed by atoms with Crippen LogP contribution in [0.1, 0.15) is 33.1 Å². The molecule has 0 fully saturated rings. The van der Waals surface area contributed by atoms with Crippen molar-refractivity contribution >= 4 is 17.9 Å². The van der Waals surface area contributed by atoms with E-state index in [4.69, 9.17) is 5.11 Å². The molecule has 0 rings (SSSR count). The lowest BCUT2D eigenvalue weighted by Gasteiger charge is -2.18. The standard InChI is InChI=1S/C12H23N3O4/c1-4-6-9(7-11(17)18)14-12(19)13-8-10(16)15(3)5-2/h9H,4-8H2,1-3H3,(H,17,18)(H2,13,14,19). The Morgan fingerprint density at radius 1 is 1.26 bits per heavy atom. The molecule has 0 radical (unpaired) electrons. The maximum absolute atomic E-state index is 11.5. The summed E-state index contributed by atoms with van der Waals surface area (Å²) >= 11 is 0. The van der Waals surface area contributed by atoms with Gasteiger partial charge < -0.3 is 20.6 Å². The molecule has 19 heavy (non-hydrogen) atoms. The first-order valence-electron chi connectivity index (χ1n) is 6.40. The molecule has 0 aliphatic heterocycles. The molecule has 1 atom stereocenters. The third kappa shape index (κ3) is 8.01. The summed E-state index contributed by atoms with van der Waals surface area (Å²) in [6.07, 6.45) is 1.24. The highest BCUT2D eigenvalue weighted by atomic mass is 16.4. The molecule has 0 saturated carbocycles. The number of urea groups is 1. The van der Waals surface area contributed by atoms with Crippen LogP contribution in [0.25, 0.3) is 0 Å². The van der Waals surface area contributed by atoms with Crippen molar-refractivity contribution in [2.45, 2.75) is 39.2 Å². The van der Waals surface area contributed by atoms with Gasteiger partial charge in [0.25, 0.3) is 0 Å². The van der Waals surface area contributed by atoms with Crippen LogP contribution in [0.5, 0.6) is 0 Å². The maximum atomic E-state index is 11.5. The number of likely N-dealkylation sites (N-methyl/N-ethyl adjacent to an activating group) is 1. The number of amides is 3. The number of carboxylic acid groups (broad SMARTS) is 1. The van der Waals surface area contributed by atoms with E-state index in [1.807, 2.05) is 13.8 Å². The SMILES string of the molecule is CCCC(CC(=O)O)NC(=O)NCC(=O)N(C)CC. The number of aliphatic carboxylic acids is 1. The first kappa shape index (κ1) is 17.2. The Hall–Kier alpha value is -1.79. The number of hydrogen-bond donors (Lipinski definition) is 3. The van der Waals surface area contributed by atoms with Crippen molar-refractivity contribution in [1.82, 2.24) is 15.5 Å². The molecule has 0 aromatic heterocycles. The van der Waals surface area contributed by atoms with Crippen LogP contribution < -0.4 is 10.6 Å². The molecule has 110 valence electrons. The molecule has 0 spiro atoms. The van der Waals surface area contributed by atoms with Gasteiger partial charge in [0.1, 0.15) is 0 Å². The molecular formula is C12H23N3O4. The van der Waals surface area contributed by atoms with E-state index in [0.717, 1.165) is 6.42 Å². The van der Waals surface area contributed by atoms with Crippen LogP contribution in [0.4, 0.5) is 4.79 Å². The molecule has 1 unspecified atom stereocenters. The number of rotatable bonds is 8. The maximum Gasteiger partial charge on any atom is 0.315 e. The fourth-order valence-electron chi connectivity index (χ4n) is 1.49. The molecule has 7 heteroatoms. The summed E-state index contributed by atoms with van der Waals surface area (Å²) in [5.41, 5.74) is 0. The first-order valence-corrected chi connectivity index (χ1v) is 6.40. The van der Waals surface area contributed by atoms with Gasteiger partial charge in [-0.3, -0.25) is 9.59 Å². The van der Waals surface area contributed by atoms with Crippen LogP contribution >= 0.6 is 0 Å². The van der Waals surface area contributed by atoms with Gasteiger partial charge in [-0.1, -0.05) is 13.3 Å². The van der Waals surface area contributed by atoms with Crippen molar-refractivity contribution < 1.29 is 19.5 Å². The summed E-state index contributed by atoms with van der Waals surface area (Å²) in [7, 11) is 1.65. The minimum Gasteiger partial charge on any atom is -0.481 e. The van der Waals surface area contributed by atoms with Gasteiger partial charge in [0, 0.05) is 19.6 Å². The number of carbonyl (C=O) groups is 3. The van der Waals surface area contributed by atoms with Crippen molar-refractivity contribution in [3.63, 3.8) is 0 Å². The van der Waals surface area contributed by atoms with Gasteiger partial charge in [-0.25, -0.2) is 4.79 Å². The zero-order chi connectivity index (χ0) is 14.8. The largest absolute Gasteiger partial charge is 0.481 e. The number of carbonyl (C=O) groups excluding carboxylic acids is 2. The Labute approximate surface area is 113 Å². The van der Waals surface area contributed by atoms with E-state index in [9.17, 15) is 14.4 Å². The number of nitrogens with one attached hydrogen (secondary N) is 2. The van der Waals surface area contributed by atoms with E-state index in [1.165, 1.54) is 4.90 Å². The minimum atomic E-state index is -0.958. The van der Waals surface area contributed by atoms with E-state index >= 15 is 0 Å². The molecule has 3 amide bonds. The van der Waals surface area contributed by atoms with E-state index in [0.29, 0.717) is 13.0 Å². The monoisotopic (exact) mass is 273 g/mol. The Bertz CT molecular complexity index is 320. The summed E-state index contributed by atoms with van der Waals surface area (Å²) in [5.74, 6) is -1.15. The van der Waals surface area contributed by atoms with Crippen LogP contribution in [-0.4, -0.2) is 54.1 Å². The van der Waals surface area contributed by atoms with E-state index in [1.54, 1.807) is 7.05 Å². The summed E-state index contributed by atoms with van der Waals surface area (Å²) < 4.78 is 0. The Morgan fingerprint density at radius 3 is 2.37 bits per heavy atom. The first-order chi connectivity index (χ1) is 8.90. The quantitative estimate of drug-likeness (QED) is 0.596. The number of nitrogens with zero attached hydrogens (tertiary/aromatic N) is 1. The highest BCUT2D eigenvalue weighted by Gasteiger charge is 2.15. The molecule has 0 bridgehead atoms. The van der Waals surface area contributed by atoms with Gasteiger partial charge in [-0.2, -0.15) is 0 Å². The van der Waals surface area contributed by atoms with E-state index in [-0.39, 0.29) is 18.9 Å². The molecule has 0 aromatic carbocycles. The van der Waals surface area contributed by atoms with Crippen LogP contribution in [0.15, 0.2) is 0 Å². The van der Waals surface area contributed by atoms with Gasteiger partial charge >= 0.3 is 12.0 Å².